The molecule has 0 aromatic heterocycles. The summed E-state index contributed by atoms with van der Waals surface area (Å²) in [5.41, 5.74) is 0. The maximum Gasteiger partial charge on any atom is 0.140 e. The lowest BCUT2D eigenvalue weighted by Gasteiger charge is -2.40. The van der Waals surface area contributed by atoms with Gasteiger partial charge in [-0.15, -0.1) is 23.2 Å². The van der Waals surface area contributed by atoms with Crippen LogP contribution in [0.3, 0.4) is 0 Å². The lowest BCUT2D eigenvalue weighted by molar-refractivity contribution is -0.129. The van der Waals surface area contributed by atoms with E-state index in [1.165, 1.54) is 32.1 Å². The molecule has 0 aromatic rings. The number of carbonyl (C=O) groups is 1. The van der Waals surface area contributed by atoms with Crippen LogP contribution >= 0.6 is 23.2 Å². The van der Waals surface area contributed by atoms with Gasteiger partial charge in [0.25, 0.3) is 0 Å². The number of hydrogen-bond acceptors (Lipinski definition) is 1. The van der Waals surface area contributed by atoms with Crippen molar-refractivity contribution in [1.29, 1.82) is 0 Å². The van der Waals surface area contributed by atoms with Gasteiger partial charge in [-0.3, -0.25) is 4.79 Å². The average Bonchev–Trinajstić information content (AvgIpc) is 2.48. The molecule has 20 heavy (non-hydrogen) atoms. The molecule has 3 aliphatic carbocycles. The van der Waals surface area contributed by atoms with E-state index in [9.17, 15) is 4.79 Å². The van der Waals surface area contributed by atoms with Gasteiger partial charge in [-0.2, -0.15) is 0 Å². The first kappa shape index (κ1) is 15.2. The van der Waals surface area contributed by atoms with E-state index in [0.29, 0.717) is 5.78 Å². The van der Waals surface area contributed by atoms with Crippen LogP contribution in [0.15, 0.2) is 0 Å². The third-order valence-corrected chi connectivity index (χ3v) is 6.93. The number of alkyl halides is 2. The molecule has 0 bridgehead atoms. The monoisotopic (exact) mass is 316 g/mol. The molecule has 0 aromatic carbocycles. The summed E-state index contributed by atoms with van der Waals surface area (Å²) in [6.07, 6.45) is 11.7. The van der Waals surface area contributed by atoms with E-state index in [1.54, 1.807) is 0 Å². The fourth-order valence-corrected chi connectivity index (χ4v) is 5.48. The molecule has 0 saturated heterocycles. The minimum atomic E-state index is 0.0260. The molecule has 0 heterocycles. The highest BCUT2D eigenvalue weighted by Crippen LogP contribution is 2.45. The number of fused-ring (bicyclic) bond motifs is 1. The molecule has 1 nitrogen and oxygen atoms in total. The van der Waals surface area contributed by atoms with E-state index in [4.69, 9.17) is 23.2 Å². The number of ketones is 1. The highest BCUT2D eigenvalue weighted by atomic mass is 35.5. The first-order valence-electron chi connectivity index (χ1n) is 8.47. The Bertz CT molecular complexity index is 357. The van der Waals surface area contributed by atoms with Gasteiger partial charge in [0.2, 0.25) is 0 Å². The molecule has 0 radical (unpaired) electrons. The fraction of sp³-hybridized carbons (Fsp3) is 0.941. The number of Topliss-reactive ketones (excluding diaryl/α,β-unsaturated/α-hetero) is 1. The van der Waals surface area contributed by atoms with E-state index < -0.39 is 0 Å². The largest absolute Gasteiger partial charge is 0.299 e. The van der Waals surface area contributed by atoms with Crippen LogP contribution in [0.1, 0.15) is 64.2 Å². The zero-order chi connectivity index (χ0) is 14.1. The number of hydrogen-bond donors (Lipinski definition) is 0. The first-order valence-corrected chi connectivity index (χ1v) is 9.34. The summed E-state index contributed by atoms with van der Waals surface area (Å²) in [5, 5.41) is 0.187. The minimum Gasteiger partial charge on any atom is -0.299 e. The van der Waals surface area contributed by atoms with Gasteiger partial charge < -0.3 is 0 Å². The zero-order valence-electron chi connectivity index (χ0n) is 12.2. The lowest BCUT2D eigenvalue weighted by Crippen LogP contribution is -2.39. The summed E-state index contributed by atoms with van der Waals surface area (Å²) < 4.78 is 0. The van der Waals surface area contributed by atoms with Crippen molar-refractivity contribution in [1.82, 2.24) is 0 Å². The van der Waals surface area contributed by atoms with E-state index in [-0.39, 0.29) is 22.6 Å². The third kappa shape index (κ3) is 3.19. The van der Waals surface area contributed by atoms with Crippen LogP contribution in [0, 0.1) is 23.7 Å². The van der Waals surface area contributed by atoms with Gasteiger partial charge in [0.15, 0.2) is 0 Å². The second-order valence-electron chi connectivity index (χ2n) is 7.25. The second-order valence-corrected chi connectivity index (χ2v) is 8.43. The van der Waals surface area contributed by atoms with Gasteiger partial charge in [-0.25, -0.2) is 0 Å². The van der Waals surface area contributed by atoms with Crippen molar-refractivity contribution < 1.29 is 4.79 Å². The van der Waals surface area contributed by atoms with Crippen LogP contribution in [0.2, 0.25) is 0 Å². The highest BCUT2D eigenvalue weighted by Gasteiger charge is 2.40. The molecule has 0 aliphatic heterocycles. The number of carbonyl (C=O) groups excluding carboxylic acids is 1. The Hall–Kier alpha value is 0.250. The Labute approximate surface area is 132 Å². The van der Waals surface area contributed by atoms with Gasteiger partial charge in [0.1, 0.15) is 5.78 Å². The molecule has 3 heteroatoms. The Morgan fingerprint density at radius 3 is 2.35 bits per heavy atom. The van der Waals surface area contributed by atoms with Crippen LogP contribution in [-0.4, -0.2) is 16.5 Å². The van der Waals surface area contributed by atoms with Crippen molar-refractivity contribution >= 4 is 29.0 Å². The Morgan fingerprint density at radius 1 is 0.800 bits per heavy atom. The van der Waals surface area contributed by atoms with Crippen LogP contribution in [0.5, 0.6) is 0 Å². The van der Waals surface area contributed by atoms with Crippen LogP contribution in [0.25, 0.3) is 0 Å². The SMILES string of the molecule is O=C(C1CCC2CCCCC2C1)C1CC(Cl)CCC1Cl. The number of halogens is 2. The summed E-state index contributed by atoms with van der Waals surface area (Å²) >= 11 is 12.7. The van der Waals surface area contributed by atoms with Crippen molar-refractivity contribution in [2.75, 3.05) is 0 Å². The van der Waals surface area contributed by atoms with Crippen molar-refractivity contribution in [2.45, 2.75) is 75.0 Å². The van der Waals surface area contributed by atoms with Crippen LogP contribution in [-0.2, 0) is 4.79 Å². The summed E-state index contributed by atoms with van der Waals surface area (Å²) in [6.45, 7) is 0. The quantitative estimate of drug-likeness (QED) is 0.642. The maximum absolute atomic E-state index is 12.8. The summed E-state index contributed by atoms with van der Waals surface area (Å²) in [5.74, 6) is 2.47. The van der Waals surface area contributed by atoms with Crippen LogP contribution < -0.4 is 0 Å². The molecule has 0 amide bonds. The molecule has 114 valence electrons. The van der Waals surface area contributed by atoms with Gasteiger partial charge in [-0.05, 0) is 50.4 Å². The molecule has 6 unspecified atom stereocenters. The van der Waals surface area contributed by atoms with Crippen molar-refractivity contribution in [2.24, 2.45) is 23.7 Å². The zero-order valence-corrected chi connectivity index (χ0v) is 13.7. The van der Waals surface area contributed by atoms with Crippen molar-refractivity contribution in [3.63, 3.8) is 0 Å². The van der Waals surface area contributed by atoms with E-state index in [0.717, 1.165) is 43.9 Å². The lowest BCUT2D eigenvalue weighted by atomic mass is 9.65. The predicted molar refractivity (Wildman–Crippen MR) is 84.4 cm³/mol. The van der Waals surface area contributed by atoms with E-state index in [2.05, 4.69) is 0 Å². The fourth-order valence-electron chi connectivity index (χ4n) is 4.81. The normalized spacial score (nSPS) is 45.7. The molecular weight excluding hydrogens is 291 g/mol. The van der Waals surface area contributed by atoms with Crippen molar-refractivity contribution in [3.05, 3.63) is 0 Å². The maximum atomic E-state index is 12.8. The summed E-state index contributed by atoms with van der Waals surface area (Å²) in [7, 11) is 0. The van der Waals surface area contributed by atoms with Gasteiger partial charge in [0, 0.05) is 22.6 Å². The topological polar surface area (TPSA) is 17.1 Å². The molecule has 3 aliphatic rings. The van der Waals surface area contributed by atoms with Gasteiger partial charge in [-0.1, -0.05) is 25.7 Å². The Morgan fingerprint density at radius 2 is 1.55 bits per heavy atom. The summed E-state index contributed by atoms with van der Waals surface area (Å²) in [6, 6.07) is 0. The molecular formula is C17H26Cl2O. The third-order valence-electron chi connectivity index (χ3n) is 6.01. The van der Waals surface area contributed by atoms with Crippen LogP contribution in [0.4, 0.5) is 0 Å². The Balaban J connectivity index is 1.62. The molecule has 3 fully saturated rings. The van der Waals surface area contributed by atoms with E-state index >= 15 is 0 Å². The standard InChI is InChI=1S/C17H26Cl2O/c18-14-7-8-16(19)15(10-14)17(20)13-6-5-11-3-1-2-4-12(11)9-13/h11-16H,1-10H2. The smallest absolute Gasteiger partial charge is 0.140 e. The van der Waals surface area contributed by atoms with E-state index in [1.807, 2.05) is 0 Å². The molecule has 0 spiro atoms. The van der Waals surface area contributed by atoms with Gasteiger partial charge >= 0.3 is 0 Å². The Kier molecular flexibility index (Phi) is 4.98. The highest BCUT2D eigenvalue weighted by molar-refractivity contribution is 6.24. The predicted octanol–water partition coefficient (Wildman–Crippen LogP) is 5.18. The number of rotatable bonds is 2. The first-order chi connectivity index (χ1) is 9.65. The minimum absolute atomic E-state index is 0.0260. The van der Waals surface area contributed by atoms with Gasteiger partial charge in [0.05, 0.1) is 0 Å². The summed E-state index contributed by atoms with van der Waals surface area (Å²) in [4.78, 5) is 12.8. The van der Waals surface area contributed by atoms with Crippen molar-refractivity contribution in [3.8, 4) is 0 Å². The molecule has 6 atom stereocenters. The molecule has 3 rings (SSSR count). The average molecular weight is 317 g/mol. The second kappa shape index (κ2) is 6.57. The molecule has 0 N–H and O–H groups in total. The molecule has 3 saturated carbocycles.